The third kappa shape index (κ3) is 4.62. The zero-order valence-electron chi connectivity index (χ0n) is 17.3. The molecule has 7 nitrogen and oxygen atoms in total. The topological polar surface area (TPSA) is 82.1 Å². The number of Topliss-reactive ketones (excluding diaryl/α,β-unsaturated/α-hetero) is 1. The van der Waals surface area contributed by atoms with Gasteiger partial charge in [-0.1, -0.05) is 12.1 Å². The number of nitrogens with zero attached hydrogens (tertiary/aromatic N) is 1. The summed E-state index contributed by atoms with van der Waals surface area (Å²) in [6.45, 7) is 4.05. The van der Waals surface area contributed by atoms with Gasteiger partial charge in [0, 0.05) is 18.5 Å². The summed E-state index contributed by atoms with van der Waals surface area (Å²) in [5.41, 5.74) is 1.05. The number of hydrogen-bond acceptors (Lipinski definition) is 6. The fraction of sp³-hybridized carbons (Fsp3) is 0.348. The van der Waals surface area contributed by atoms with Gasteiger partial charge < -0.3 is 19.1 Å². The van der Waals surface area contributed by atoms with E-state index in [1.54, 1.807) is 43.5 Å². The van der Waals surface area contributed by atoms with Crippen molar-refractivity contribution >= 4 is 23.3 Å². The van der Waals surface area contributed by atoms with E-state index in [1.807, 2.05) is 19.1 Å². The number of esters is 1. The van der Waals surface area contributed by atoms with Crippen LogP contribution in [0.5, 0.6) is 11.5 Å². The molecule has 0 spiro atoms. The number of hydrogen-bond donors (Lipinski definition) is 0. The summed E-state index contributed by atoms with van der Waals surface area (Å²) in [5, 5.41) is 0. The van der Waals surface area contributed by atoms with E-state index in [2.05, 4.69) is 0 Å². The fourth-order valence-electron chi connectivity index (χ4n) is 3.37. The van der Waals surface area contributed by atoms with E-state index in [1.165, 1.54) is 11.8 Å². The summed E-state index contributed by atoms with van der Waals surface area (Å²) in [4.78, 5) is 39.2. The molecule has 2 aromatic rings. The van der Waals surface area contributed by atoms with Crippen molar-refractivity contribution < 1.29 is 28.6 Å². The molecule has 3 rings (SSSR count). The summed E-state index contributed by atoms with van der Waals surface area (Å²) >= 11 is 0. The minimum Gasteiger partial charge on any atom is -0.497 e. The average Bonchev–Trinajstić information content (AvgIpc) is 3.15. The van der Waals surface area contributed by atoms with Crippen molar-refractivity contribution in [2.45, 2.75) is 26.4 Å². The van der Waals surface area contributed by atoms with E-state index in [0.717, 1.165) is 0 Å². The standard InChI is InChI=1S/C23H25NO6/c1-4-29-20-8-6-5-7-19(20)24-14-17(13-21(24)25)23(27)30-15(2)22(26)16-9-11-18(28-3)12-10-16/h5-12,15,17H,4,13-14H2,1-3H3/t15-,17+/m0/s1. The summed E-state index contributed by atoms with van der Waals surface area (Å²) in [7, 11) is 1.54. The first-order chi connectivity index (χ1) is 14.4. The maximum Gasteiger partial charge on any atom is 0.312 e. The Hall–Kier alpha value is -3.35. The number of carbonyl (C=O) groups excluding carboxylic acids is 3. The number of anilines is 1. The first kappa shape index (κ1) is 21.4. The Morgan fingerprint density at radius 3 is 2.50 bits per heavy atom. The van der Waals surface area contributed by atoms with Crippen LogP contribution in [0.15, 0.2) is 48.5 Å². The van der Waals surface area contributed by atoms with Gasteiger partial charge in [0.05, 0.1) is 25.3 Å². The van der Waals surface area contributed by atoms with Crippen LogP contribution in [-0.2, 0) is 14.3 Å². The molecule has 0 bridgehead atoms. The Bertz CT molecular complexity index is 924. The molecule has 158 valence electrons. The Morgan fingerprint density at radius 2 is 1.83 bits per heavy atom. The summed E-state index contributed by atoms with van der Waals surface area (Å²) < 4.78 is 16.1. The third-order valence-corrected chi connectivity index (χ3v) is 4.95. The predicted octanol–water partition coefficient (Wildman–Crippen LogP) is 3.26. The molecule has 7 heteroatoms. The van der Waals surface area contributed by atoms with Crippen LogP contribution in [0.3, 0.4) is 0 Å². The van der Waals surface area contributed by atoms with Gasteiger partial charge in [0.2, 0.25) is 11.7 Å². The normalized spacial score (nSPS) is 16.8. The Morgan fingerprint density at radius 1 is 1.13 bits per heavy atom. The first-order valence-electron chi connectivity index (χ1n) is 9.85. The zero-order chi connectivity index (χ0) is 21.7. The largest absolute Gasteiger partial charge is 0.497 e. The highest BCUT2D eigenvalue weighted by molar-refractivity contribution is 6.02. The molecule has 1 fully saturated rings. The van der Waals surface area contributed by atoms with Crippen molar-refractivity contribution in [3.63, 3.8) is 0 Å². The van der Waals surface area contributed by atoms with Crippen molar-refractivity contribution in [3.05, 3.63) is 54.1 Å². The van der Waals surface area contributed by atoms with E-state index in [4.69, 9.17) is 14.2 Å². The van der Waals surface area contributed by atoms with Crippen molar-refractivity contribution in [1.29, 1.82) is 0 Å². The van der Waals surface area contributed by atoms with Crippen molar-refractivity contribution in [3.8, 4) is 11.5 Å². The number of methoxy groups -OCH3 is 1. The van der Waals surface area contributed by atoms with Crippen LogP contribution >= 0.6 is 0 Å². The van der Waals surface area contributed by atoms with E-state index in [9.17, 15) is 14.4 Å². The molecule has 2 atom stereocenters. The number of ether oxygens (including phenoxy) is 3. The molecule has 1 aliphatic rings. The van der Waals surface area contributed by atoms with Crippen LogP contribution in [0.1, 0.15) is 30.6 Å². The van der Waals surface area contributed by atoms with Gasteiger partial charge in [-0.05, 0) is 50.2 Å². The highest BCUT2D eigenvalue weighted by Gasteiger charge is 2.38. The summed E-state index contributed by atoms with van der Waals surface area (Å²) in [6.07, 6.45) is -0.923. The van der Waals surface area contributed by atoms with Crippen LogP contribution in [-0.4, -0.2) is 44.0 Å². The van der Waals surface area contributed by atoms with Crippen molar-refractivity contribution in [2.24, 2.45) is 5.92 Å². The van der Waals surface area contributed by atoms with Crippen molar-refractivity contribution in [1.82, 2.24) is 0 Å². The molecule has 0 N–H and O–H groups in total. The highest BCUT2D eigenvalue weighted by atomic mass is 16.5. The number of benzene rings is 2. The number of carbonyl (C=O) groups is 3. The molecule has 1 amide bonds. The Labute approximate surface area is 175 Å². The van der Waals surface area contributed by atoms with Crippen LogP contribution < -0.4 is 14.4 Å². The molecule has 30 heavy (non-hydrogen) atoms. The number of rotatable bonds is 8. The first-order valence-corrected chi connectivity index (χ1v) is 9.85. The molecular formula is C23H25NO6. The minimum absolute atomic E-state index is 0.0305. The van der Waals surface area contributed by atoms with Gasteiger partial charge in [0.1, 0.15) is 11.5 Å². The molecule has 0 aromatic heterocycles. The van der Waals surface area contributed by atoms with Gasteiger partial charge in [-0.25, -0.2) is 0 Å². The number of ketones is 1. The third-order valence-electron chi connectivity index (χ3n) is 4.95. The Kier molecular flexibility index (Phi) is 6.72. The van der Waals surface area contributed by atoms with Gasteiger partial charge in [0.15, 0.2) is 6.10 Å². The Balaban J connectivity index is 1.65. The van der Waals surface area contributed by atoms with Crippen LogP contribution in [0.4, 0.5) is 5.69 Å². The fourth-order valence-corrected chi connectivity index (χ4v) is 3.37. The molecular weight excluding hydrogens is 386 g/mol. The quantitative estimate of drug-likeness (QED) is 0.490. The SMILES string of the molecule is CCOc1ccccc1N1C[C@H](C(=O)O[C@@H](C)C(=O)c2ccc(OC)cc2)CC1=O. The van der Waals surface area contributed by atoms with Crippen LogP contribution in [0, 0.1) is 5.92 Å². The van der Waals surface area contributed by atoms with Gasteiger partial charge >= 0.3 is 5.97 Å². The minimum atomic E-state index is -0.953. The molecule has 1 saturated heterocycles. The van der Waals surface area contributed by atoms with Gasteiger partial charge in [-0.3, -0.25) is 14.4 Å². The lowest BCUT2D eigenvalue weighted by atomic mass is 10.1. The second kappa shape index (κ2) is 9.43. The van der Waals surface area contributed by atoms with Crippen LogP contribution in [0.25, 0.3) is 0 Å². The smallest absolute Gasteiger partial charge is 0.312 e. The highest BCUT2D eigenvalue weighted by Crippen LogP contribution is 2.33. The number of para-hydroxylation sites is 2. The van der Waals surface area contributed by atoms with Gasteiger partial charge in [0.25, 0.3) is 0 Å². The lowest BCUT2D eigenvalue weighted by Gasteiger charge is -2.20. The number of amides is 1. The van der Waals surface area contributed by atoms with E-state index in [0.29, 0.717) is 29.4 Å². The van der Waals surface area contributed by atoms with Gasteiger partial charge in [-0.15, -0.1) is 0 Å². The predicted molar refractivity (Wildman–Crippen MR) is 111 cm³/mol. The van der Waals surface area contributed by atoms with Crippen molar-refractivity contribution in [2.75, 3.05) is 25.2 Å². The summed E-state index contributed by atoms with van der Waals surface area (Å²) in [6, 6.07) is 13.8. The second-order valence-corrected chi connectivity index (χ2v) is 6.98. The lowest BCUT2D eigenvalue weighted by molar-refractivity contribution is -0.151. The second-order valence-electron chi connectivity index (χ2n) is 6.98. The molecule has 0 radical (unpaired) electrons. The zero-order valence-corrected chi connectivity index (χ0v) is 17.3. The average molecular weight is 411 g/mol. The summed E-state index contributed by atoms with van der Waals surface area (Å²) in [5.74, 6) is -0.474. The lowest BCUT2D eigenvalue weighted by Crippen LogP contribution is -2.30. The van der Waals surface area contributed by atoms with E-state index < -0.39 is 18.0 Å². The maximum absolute atomic E-state index is 12.6. The van der Waals surface area contributed by atoms with Crippen LogP contribution in [0.2, 0.25) is 0 Å². The van der Waals surface area contributed by atoms with E-state index >= 15 is 0 Å². The molecule has 0 unspecified atom stereocenters. The molecule has 0 aliphatic carbocycles. The molecule has 2 aromatic carbocycles. The monoisotopic (exact) mass is 411 g/mol. The van der Waals surface area contributed by atoms with E-state index in [-0.39, 0.29) is 24.7 Å². The van der Waals surface area contributed by atoms with Gasteiger partial charge in [-0.2, -0.15) is 0 Å². The maximum atomic E-state index is 12.6. The molecule has 1 aliphatic heterocycles. The molecule has 0 saturated carbocycles. The molecule has 1 heterocycles.